The molecule has 0 spiro atoms. The number of amides is 1. The van der Waals surface area contributed by atoms with Gasteiger partial charge in [-0.05, 0) is 69.0 Å². The van der Waals surface area contributed by atoms with Crippen LogP contribution >= 0.6 is 0 Å². The number of anilines is 1. The zero-order valence-corrected chi connectivity index (χ0v) is 18.2. The second-order valence-electron chi connectivity index (χ2n) is 7.47. The first-order valence-corrected chi connectivity index (χ1v) is 12.0. The van der Waals surface area contributed by atoms with Crippen molar-refractivity contribution >= 4 is 21.6 Å². The average Bonchev–Trinajstić information content (AvgIpc) is 2.74. The van der Waals surface area contributed by atoms with Gasteiger partial charge in [0.25, 0.3) is 0 Å². The zero-order valence-electron chi connectivity index (χ0n) is 17.4. The summed E-state index contributed by atoms with van der Waals surface area (Å²) in [5, 5.41) is 2.88. The fourth-order valence-electron chi connectivity index (χ4n) is 3.51. The Balaban J connectivity index is 1.71. The summed E-state index contributed by atoms with van der Waals surface area (Å²) in [5.41, 5.74) is 1.62. The minimum atomic E-state index is -3.66. The maximum atomic E-state index is 12.7. The van der Waals surface area contributed by atoms with E-state index in [2.05, 4.69) is 11.4 Å². The molecular formula is C23H28N2O4S. The predicted molar refractivity (Wildman–Crippen MR) is 119 cm³/mol. The number of nitrogens with one attached hydrogen (secondary N) is 1. The van der Waals surface area contributed by atoms with E-state index < -0.39 is 16.1 Å². The number of carbonyl (C=O) groups is 1. The molecular weight excluding hydrogens is 400 g/mol. The van der Waals surface area contributed by atoms with E-state index in [-0.39, 0.29) is 5.91 Å². The van der Waals surface area contributed by atoms with Crippen molar-refractivity contribution in [2.45, 2.75) is 38.6 Å². The Hall–Kier alpha value is -2.80. The normalized spacial score (nSPS) is 15.1. The average molecular weight is 429 g/mol. The smallest absolute Gasteiger partial charge is 0.243 e. The van der Waals surface area contributed by atoms with Crippen molar-refractivity contribution in [3.05, 3.63) is 66.2 Å². The first-order valence-electron chi connectivity index (χ1n) is 10.1. The van der Waals surface area contributed by atoms with E-state index in [0.29, 0.717) is 23.7 Å². The van der Waals surface area contributed by atoms with Gasteiger partial charge in [-0.3, -0.25) is 9.10 Å². The molecule has 0 aromatic heterocycles. The summed E-state index contributed by atoms with van der Waals surface area (Å²) < 4.78 is 31.8. The van der Waals surface area contributed by atoms with Gasteiger partial charge in [-0.25, -0.2) is 8.42 Å². The molecule has 30 heavy (non-hydrogen) atoms. The molecule has 1 aliphatic carbocycles. The van der Waals surface area contributed by atoms with Gasteiger partial charge in [0.1, 0.15) is 17.5 Å². The Morgan fingerprint density at radius 1 is 1.07 bits per heavy atom. The van der Waals surface area contributed by atoms with Crippen LogP contribution in [0.2, 0.25) is 0 Å². The van der Waals surface area contributed by atoms with Gasteiger partial charge in [-0.15, -0.1) is 0 Å². The van der Waals surface area contributed by atoms with Crippen molar-refractivity contribution < 1.29 is 17.9 Å². The molecule has 1 amide bonds. The standard InChI is InChI=1S/C23H28N2O4S/c1-18(23(26)24-17-19-9-5-3-6-10-19)25(30(2,27)28)20-13-15-22(16-14-20)29-21-11-7-4-8-12-21/h4,7-9,11-16,18H,3,5-6,10,17H2,1-2H3,(H,24,26)/t18-/m0/s1. The quantitative estimate of drug-likeness (QED) is 0.638. The fourth-order valence-corrected chi connectivity index (χ4v) is 4.68. The van der Waals surface area contributed by atoms with E-state index in [1.165, 1.54) is 12.0 Å². The summed E-state index contributed by atoms with van der Waals surface area (Å²) >= 11 is 0. The van der Waals surface area contributed by atoms with Gasteiger partial charge >= 0.3 is 0 Å². The van der Waals surface area contributed by atoms with Gasteiger partial charge in [0.15, 0.2) is 0 Å². The Morgan fingerprint density at radius 3 is 2.33 bits per heavy atom. The van der Waals surface area contributed by atoms with Crippen LogP contribution in [-0.2, 0) is 14.8 Å². The Bertz CT molecular complexity index is 986. The molecule has 0 radical (unpaired) electrons. The van der Waals surface area contributed by atoms with E-state index in [4.69, 9.17) is 4.74 Å². The Morgan fingerprint density at radius 2 is 1.73 bits per heavy atom. The number of hydrogen-bond donors (Lipinski definition) is 1. The van der Waals surface area contributed by atoms with Crippen LogP contribution in [0.15, 0.2) is 66.2 Å². The number of hydrogen-bond acceptors (Lipinski definition) is 4. The lowest BCUT2D eigenvalue weighted by Crippen LogP contribution is -2.48. The summed E-state index contributed by atoms with van der Waals surface area (Å²) in [6.45, 7) is 2.06. The first-order chi connectivity index (χ1) is 14.3. The molecule has 160 valence electrons. The van der Waals surface area contributed by atoms with Crippen LogP contribution in [0.25, 0.3) is 0 Å². The molecule has 2 aromatic carbocycles. The number of carbonyl (C=O) groups excluding carboxylic acids is 1. The maximum absolute atomic E-state index is 12.7. The number of allylic oxidation sites excluding steroid dienone is 1. The second-order valence-corrected chi connectivity index (χ2v) is 9.33. The lowest BCUT2D eigenvalue weighted by atomic mass is 10.00. The second kappa shape index (κ2) is 9.80. The largest absolute Gasteiger partial charge is 0.457 e. The molecule has 0 fully saturated rings. The Labute approximate surface area is 178 Å². The molecule has 0 saturated heterocycles. The molecule has 0 saturated carbocycles. The molecule has 1 atom stereocenters. The van der Waals surface area contributed by atoms with Gasteiger partial charge in [0, 0.05) is 6.54 Å². The molecule has 1 aliphatic rings. The molecule has 0 bridgehead atoms. The lowest BCUT2D eigenvalue weighted by molar-refractivity contribution is -0.121. The van der Waals surface area contributed by atoms with E-state index in [1.54, 1.807) is 31.2 Å². The van der Waals surface area contributed by atoms with Crippen LogP contribution in [0.1, 0.15) is 32.6 Å². The third kappa shape index (κ3) is 5.86. The van der Waals surface area contributed by atoms with Crippen molar-refractivity contribution in [3.63, 3.8) is 0 Å². The molecule has 0 aliphatic heterocycles. The van der Waals surface area contributed by atoms with Crippen molar-refractivity contribution in [2.24, 2.45) is 0 Å². The summed E-state index contributed by atoms with van der Waals surface area (Å²) in [7, 11) is -3.66. The van der Waals surface area contributed by atoms with E-state index in [1.807, 2.05) is 30.3 Å². The minimum absolute atomic E-state index is 0.323. The predicted octanol–water partition coefficient (Wildman–Crippen LogP) is 4.25. The minimum Gasteiger partial charge on any atom is -0.457 e. The van der Waals surface area contributed by atoms with Gasteiger partial charge in [-0.2, -0.15) is 0 Å². The number of benzene rings is 2. The number of rotatable bonds is 8. The summed E-state index contributed by atoms with van der Waals surface area (Å²) in [6, 6.07) is 15.1. The van der Waals surface area contributed by atoms with Crippen LogP contribution in [0.4, 0.5) is 5.69 Å². The third-order valence-corrected chi connectivity index (χ3v) is 6.27. The SMILES string of the molecule is C[C@@H](C(=O)NCC1=CCCCC1)N(c1ccc(Oc2ccccc2)cc1)S(C)(=O)=O. The monoisotopic (exact) mass is 428 g/mol. The highest BCUT2D eigenvalue weighted by Gasteiger charge is 2.29. The maximum Gasteiger partial charge on any atom is 0.243 e. The summed E-state index contributed by atoms with van der Waals surface area (Å²) in [5.74, 6) is 0.950. The van der Waals surface area contributed by atoms with Crippen molar-refractivity contribution in [3.8, 4) is 11.5 Å². The van der Waals surface area contributed by atoms with Gasteiger partial charge in [0.2, 0.25) is 15.9 Å². The van der Waals surface area contributed by atoms with Gasteiger partial charge < -0.3 is 10.1 Å². The summed E-state index contributed by atoms with van der Waals surface area (Å²) in [6.07, 6.45) is 7.59. The fraction of sp³-hybridized carbons (Fsp3) is 0.348. The Kier molecular flexibility index (Phi) is 7.15. The lowest BCUT2D eigenvalue weighted by Gasteiger charge is -2.28. The van der Waals surface area contributed by atoms with Crippen LogP contribution in [-0.4, -0.2) is 33.2 Å². The molecule has 0 heterocycles. The molecule has 0 unspecified atom stereocenters. The molecule has 2 aromatic rings. The van der Waals surface area contributed by atoms with Crippen LogP contribution < -0.4 is 14.4 Å². The topological polar surface area (TPSA) is 75.7 Å². The van der Waals surface area contributed by atoms with E-state index in [9.17, 15) is 13.2 Å². The summed E-state index contributed by atoms with van der Waals surface area (Å²) in [4.78, 5) is 12.7. The van der Waals surface area contributed by atoms with Crippen LogP contribution in [0.5, 0.6) is 11.5 Å². The first kappa shape index (κ1) is 21.9. The highest BCUT2D eigenvalue weighted by molar-refractivity contribution is 7.92. The molecule has 7 heteroatoms. The van der Waals surface area contributed by atoms with Crippen molar-refractivity contribution in [1.29, 1.82) is 0 Å². The molecule has 1 N–H and O–H groups in total. The van der Waals surface area contributed by atoms with Crippen LogP contribution in [0.3, 0.4) is 0 Å². The number of para-hydroxylation sites is 1. The molecule has 6 nitrogen and oxygen atoms in total. The van der Waals surface area contributed by atoms with Crippen LogP contribution in [0, 0.1) is 0 Å². The van der Waals surface area contributed by atoms with Gasteiger partial charge in [-0.1, -0.05) is 29.8 Å². The molecule has 3 rings (SSSR count). The highest BCUT2D eigenvalue weighted by atomic mass is 32.2. The van der Waals surface area contributed by atoms with E-state index >= 15 is 0 Å². The van der Waals surface area contributed by atoms with Gasteiger partial charge in [0.05, 0.1) is 11.9 Å². The van der Waals surface area contributed by atoms with E-state index in [0.717, 1.165) is 29.8 Å². The third-order valence-electron chi connectivity index (χ3n) is 5.03. The highest BCUT2D eigenvalue weighted by Crippen LogP contribution is 2.27. The van der Waals surface area contributed by atoms with Crippen molar-refractivity contribution in [2.75, 3.05) is 17.1 Å². The zero-order chi connectivity index (χ0) is 21.6. The number of sulfonamides is 1. The number of nitrogens with zero attached hydrogens (tertiary/aromatic N) is 1. The number of ether oxygens (including phenoxy) is 1. The van der Waals surface area contributed by atoms with Crippen molar-refractivity contribution in [1.82, 2.24) is 5.32 Å².